The van der Waals surface area contributed by atoms with Crippen LogP contribution < -0.4 is 10.1 Å². The van der Waals surface area contributed by atoms with Crippen LogP contribution in [0.5, 0.6) is 5.75 Å². The van der Waals surface area contributed by atoms with Crippen molar-refractivity contribution in [3.05, 3.63) is 30.3 Å². The maximum Gasteiger partial charge on any atom is 0.328 e. The standard InChI is InChI=1S/C20H28N2O5/c1-16(21-18(23)14-26-17-10-6-5-7-11-17)20(25)27-15-19(24)22-12-8-3-2-4-9-13-22/h5-7,10-11,16H,2-4,8-9,12-15H2,1H3,(H,21,23)/t16-/m0/s1. The second-order valence-corrected chi connectivity index (χ2v) is 6.65. The zero-order chi connectivity index (χ0) is 19.5. The molecule has 0 saturated carbocycles. The summed E-state index contributed by atoms with van der Waals surface area (Å²) in [4.78, 5) is 37.8. The van der Waals surface area contributed by atoms with Gasteiger partial charge < -0.3 is 19.7 Å². The summed E-state index contributed by atoms with van der Waals surface area (Å²) in [6.45, 7) is 2.44. The number of rotatable bonds is 7. The van der Waals surface area contributed by atoms with Crippen LogP contribution in [0, 0.1) is 0 Å². The van der Waals surface area contributed by atoms with Crippen molar-refractivity contribution in [2.24, 2.45) is 0 Å². The molecule has 7 nitrogen and oxygen atoms in total. The van der Waals surface area contributed by atoms with E-state index in [1.807, 2.05) is 6.07 Å². The van der Waals surface area contributed by atoms with Gasteiger partial charge in [0.05, 0.1) is 0 Å². The van der Waals surface area contributed by atoms with Crippen LogP contribution in [0.15, 0.2) is 30.3 Å². The smallest absolute Gasteiger partial charge is 0.328 e. The lowest BCUT2D eigenvalue weighted by Gasteiger charge is -2.24. The monoisotopic (exact) mass is 376 g/mol. The van der Waals surface area contributed by atoms with Gasteiger partial charge in [-0.3, -0.25) is 9.59 Å². The van der Waals surface area contributed by atoms with Gasteiger partial charge in [0, 0.05) is 13.1 Å². The number of carbonyl (C=O) groups excluding carboxylic acids is 3. The van der Waals surface area contributed by atoms with E-state index in [4.69, 9.17) is 9.47 Å². The highest BCUT2D eigenvalue weighted by Gasteiger charge is 2.21. The summed E-state index contributed by atoms with van der Waals surface area (Å²) in [5, 5.41) is 2.51. The predicted molar refractivity (Wildman–Crippen MR) is 100 cm³/mol. The molecule has 0 radical (unpaired) electrons. The molecule has 0 bridgehead atoms. The van der Waals surface area contributed by atoms with Crippen molar-refractivity contribution in [2.75, 3.05) is 26.3 Å². The number of ether oxygens (including phenoxy) is 2. The largest absolute Gasteiger partial charge is 0.484 e. The number of hydrogen-bond donors (Lipinski definition) is 1. The fourth-order valence-electron chi connectivity index (χ4n) is 2.85. The average Bonchev–Trinajstić information content (AvgIpc) is 2.64. The van der Waals surface area contributed by atoms with Crippen LogP contribution >= 0.6 is 0 Å². The Labute approximate surface area is 160 Å². The van der Waals surface area contributed by atoms with Gasteiger partial charge in [-0.15, -0.1) is 0 Å². The van der Waals surface area contributed by atoms with E-state index in [0.29, 0.717) is 18.8 Å². The minimum atomic E-state index is -0.850. The summed E-state index contributed by atoms with van der Waals surface area (Å²) >= 11 is 0. The number of amides is 2. The third-order valence-electron chi connectivity index (χ3n) is 4.39. The van der Waals surface area contributed by atoms with E-state index >= 15 is 0 Å². The molecule has 27 heavy (non-hydrogen) atoms. The van der Waals surface area contributed by atoms with Gasteiger partial charge >= 0.3 is 5.97 Å². The van der Waals surface area contributed by atoms with E-state index in [1.165, 1.54) is 13.3 Å². The van der Waals surface area contributed by atoms with Gasteiger partial charge in [-0.1, -0.05) is 37.5 Å². The van der Waals surface area contributed by atoms with Gasteiger partial charge in [0.25, 0.3) is 11.8 Å². The van der Waals surface area contributed by atoms with Crippen molar-refractivity contribution in [1.82, 2.24) is 10.2 Å². The third kappa shape index (κ3) is 7.68. The number of para-hydroxylation sites is 1. The van der Waals surface area contributed by atoms with E-state index in [9.17, 15) is 14.4 Å². The van der Waals surface area contributed by atoms with E-state index in [1.54, 1.807) is 29.2 Å². The summed E-state index contributed by atoms with van der Waals surface area (Å²) in [6, 6.07) is 8.08. The second-order valence-electron chi connectivity index (χ2n) is 6.65. The van der Waals surface area contributed by atoms with Gasteiger partial charge in [0.15, 0.2) is 13.2 Å². The lowest BCUT2D eigenvalue weighted by molar-refractivity contribution is -0.154. The number of nitrogens with zero attached hydrogens (tertiary/aromatic N) is 1. The Kier molecular flexibility index (Phi) is 8.61. The van der Waals surface area contributed by atoms with Crippen LogP contribution in [0.4, 0.5) is 0 Å². The van der Waals surface area contributed by atoms with E-state index in [0.717, 1.165) is 25.7 Å². The lowest BCUT2D eigenvalue weighted by atomic mass is 10.1. The molecule has 1 fully saturated rings. The Bertz CT molecular complexity index is 612. The first-order valence-electron chi connectivity index (χ1n) is 9.48. The number of nitrogens with one attached hydrogen (secondary N) is 1. The van der Waals surface area contributed by atoms with Crippen molar-refractivity contribution in [3.8, 4) is 5.75 Å². The average molecular weight is 376 g/mol. The molecule has 0 aromatic heterocycles. The summed E-state index contributed by atoms with van der Waals surface area (Å²) < 4.78 is 10.4. The Morgan fingerprint density at radius 1 is 1.00 bits per heavy atom. The number of benzene rings is 1. The SMILES string of the molecule is C[C@H](NC(=O)COc1ccccc1)C(=O)OCC(=O)N1CCCCCCC1. The fourth-order valence-corrected chi connectivity index (χ4v) is 2.85. The van der Waals surface area contributed by atoms with Crippen molar-refractivity contribution in [1.29, 1.82) is 0 Å². The highest BCUT2D eigenvalue weighted by Crippen LogP contribution is 2.11. The summed E-state index contributed by atoms with van der Waals surface area (Å²) in [6.07, 6.45) is 5.42. The molecule has 148 valence electrons. The number of hydrogen-bond acceptors (Lipinski definition) is 5. The van der Waals surface area contributed by atoms with Gasteiger partial charge in [-0.2, -0.15) is 0 Å². The normalized spacial score (nSPS) is 15.8. The number of likely N-dealkylation sites (tertiary alicyclic amines) is 1. The maximum absolute atomic E-state index is 12.2. The van der Waals surface area contributed by atoms with Gasteiger partial charge in [0.1, 0.15) is 11.8 Å². The third-order valence-corrected chi connectivity index (χ3v) is 4.39. The van der Waals surface area contributed by atoms with E-state index in [-0.39, 0.29) is 19.1 Å². The zero-order valence-corrected chi connectivity index (χ0v) is 15.8. The van der Waals surface area contributed by atoms with E-state index in [2.05, 4.69) is 5.32 Å². The molecule has 1 aromatic carbocycles. The molecule has 0 unspecified atom stereocenters. The van der Waals surface area contributed by atoms with Crippen LogP contribution in [-0.2, 0) is 19.1 Å². The number of esters is 1. The molecular weight excluding hydrogens is 348 g/mol. The molecule has 1 aliphatic rings. The van der Waals surface area contributed by atoms with Crippen LogP contribution in [0.3, 0.4) is 0 Å². The van der Waals surface area contributed by atoms with Crippen LogP contribution in [0.25, 0.3) is 0 Å². The van der Waals surface area contributed by atoms with Gasteiger partial charge in [-0.05, 0) is 31.9 Å². The number of carbonyl (C=O) groups is 3. The van der Waals surface area contributed by atoms with Crippen molar-refractivity contribution in [3.63, 3.8) is 0 Å². The summed E-state index contributed by atoms with van der Waals surface area (Å²) in [5.74, 6) is -0.681. The van der Waals surface area contributed by atoms with Crippen molar-refractivity contribution >= 4 is 17.8 Å². The Balaban J connectivity index is 1.68. The lowest BCUT2D eigenvalue weighted by Crippen LogP contribution is -2.43. The fraction of sp³-hybridized carbons (Fsp3) is 0.550. The first-order valence-corrected chi connectivity index (χ1v) is 9.48. The summed E-state index contributed by atoms with van der Waals surface area (Å²) in [5.41, 5.74) is 0. The van der Waals surface area contributed by atoms with Crippen LogP contribution in [-0.4, -0.2) is 55.0 Å². The molecule has 1 saturated heterocycles. The predicted octanol–water partition coefficient (Wildman–Crippen LogP) is 1.91. The Morgan fingerprint density at radius 3 is 2.30 bits per heavy atom. The van der Waals surface area contributed by atoms with Crippen molar-refractivity contribution < 1.29 is 23.9 Å². The first kappa shape index (κ1) is 20.7. The molecule has 1 N–H and O–H groups in total. The first-order chi connectivity index (χ1) is 13.1. The molecule has 1 aromatic rings. The molecule has 1 aliphatic heterocycles. The Hall–Kier alpha value is -2.57. The van der Waals surface area contributed by atoms with Gasteiger partial charge in [-0.25, -0.2) is 4.79 Å². The zero-order valence-electron chi connectivity index (χ0n) is 15.8. The second kappa shape index (κ2) is 11.2. The Morgan fingerprint density at radius 2 is 1.63 bits per heavy atom. The topological polar surface area (TPSA) is 84.9 Å². The minimum absolute atomic E-state index is 0.184. The van der Waals surface area contributed by atoms with E-state index < -0.39 is 17.9 Å². The van der Waals surface area contributed by atoms with Crippen molar-refractivity contribution in [2.45, 2.75) is 45.1 Å². The van der Waals surface area contributed by atoms with Crippen LogP contribution in [0.2, 0.25) is 0 Å². The summed E-state index contributed by atoms with van der Waals surface area (Å²) in [7, 11) is 0. The molecule has 2 rings (SSSR count). The molecule has 0 aliphatic carbocycles. The minimum Gasteiger partial charge on any atom is -0.484 e. The highest BCUT2D eigenvalue weighted by atomic mass is 16.5. The molecule has 2 amide bonds. The molecule has 0 spiro atoms. The molecule has 7 heteroatoms. The molecule has 1 atom stereocenters. The highest BCUT2D eigenvalue weighted by molar-refractivity contribution is 5.86. The molecule has 1 heterocycles. The van der Waals surface area contributed by atoms with Gasteiger partial charge in [0.2, 0.25) is 0 Å². The quantitative estimate of drug-likeness (QED) is 0.735. The maximum atomic E-state index is 12.2. The van der Waals surface area contributed by atoms with Crippen LogP contribution in [0.1, 0.15) is 39.0 Å². The molecular formula is C20H28N2O5.